The van der Waals surface area contributed by atoms with Crippen LogP contribution in [-0.4, -0.2) is 50.8 Å². The molecule has 1 aromatic heterocycles. The van der Waals surface area contributed by atoms with Crippen LogP contribution in [0.4, 0.5) is 0 Å². The van der Waals surface area contributed by atoms with Crippen molar-refractivity contribution in [2.45, 2.75) is 18.2 Å². The molecule has 0 aliphatic carbocycles. The second-order valence-corrected chi connectivity index (χ2v) is 10.7. The molecule has 170 valence electrons. The van der Waals surface area contributed by atoms with Gasteiger partial charge in [-0.25, -0.2) is 13.1 Å². The van der Waals surface area contributed by atoms with Gasteiger partial charge in [-0.05, 0) is 70.2 Å². The number of fused-ring (bicyclic) bond motifs is 1. The van der Waals surface area contributed by atoms with E-state index in [9.17, 15) is 23.1 Å². The largest absolute Gasteiger partial charge is 0.506 e. The molecular formula is C21H20Br2N2O6S. The number of rotatable bonds is 7. The lowest BCUT2D eigenvalue weighted by Crippen LogP contribution is -2.37. The average molecular weight is 588 g/mol. The van der Waals surface area contributed by atoms with Crippen LogP contribution in [0.3, 0.4) is 0 Å². The zero-order valence-electron chi connectivity index (χ0n) is 17.4. The molecule has 3 rings (SSSR count). The second-order valence-electron chi connectivity index (χ2n) is 7.30. The summed E-state index contributed by atoms with van der Waals surface area (Å²) in [6, 6.07) is 7.10. The van der Waals surface area contributed by atoms with Gasteiger partial charge in [-0.3, -0.25) is 9.59 Å². The highest BCUT2D eigenvalue weighted by Gasteiger charge is 2.25. The first kappa shape index (κ1) is 24.4. The molecule has 0 saturated carbocycles. The van der Waals surface area contributed by atoms with Gasteiger partial charge >= 0.3 is 0 Å². The molecule has 32 heavy (non-hydrogen) atoms. The summed E-state index contributed by atoms with van der Waals surface area (Å²) < 4.78 is 33.7. The molecule has 0 unspecified atom stereocenters. The predicted octanol–water partition coefficient (Wildman–Crippen LogP) is 3.82. The number of nitrogens with one attached hydrogen (secondary N) is 1. The van der Waals surface area contributed by atoms with E-state index in [-0.39, 0.29) is 28.6 Å². The molecule has 8 nitrogen and oxygen atoms in total. The highest BCUT2D eigenvalue weighted by molar-refractivity contribution is 9.11. The van der Waals surface area contributed by atoms with Gasteiger partial charge in [-0.1, -0.05) is 6.92 Å². The van der Waals surface area contributed by atoms with Crippen molar-refractivity contribution in [2.75, 3.05) is 20.6 Å². The van der Waals surface area contributed by atoms with Crippen LogP contribution < -0.4 is 4.72 Å². The SMILES string of the molecule is CCc1oc2cc(S(=O)(=O)NC(=O)CN(C)C)ccc2c1C(=O)c1cc(Br)c(O)c(Br)c1. The summed E-state index contributed by atoms with van der Waals surface area (Å²) in [4.78, 5) is 26.6. The average Bonchev–Trinajstić information content (AvgIpc) is 3.07. The molecule has 2 N–H and O–H groups in total. The number of likely N-dealkylation sites (N-methyl/N-ethyl adjacent to an activating group) is 1. The van der Waals surface area contributed by atoms with Crippen molar-refractivity contribution in [1.82, 2.24) is 9.62 Å². The summed E-state index contributed by atoms with van der Waals surface area (Å²) in [5, 5.41) is 10.4. The smallest absolute Gasteiger partial charge is 0.264 e. The Morgan fingerprint density at radius 2 is 1.75 bits per heavy atom. The minimum atomic E-state index is -4.11. The van der Waals surface area contributed by atoms with Crippen molar-refractivity contribution in [3.8, 4) is 5.75 Å². The summed E-state index contributed by atoms with van der Waals surface area (Å²) in [6.45, 7) is 1.73. The number of benzene rings is 2. The normalized spacial score (nSPS) is 11.8. The molecule has 1 amide bonds. The van der Waals surface area contributed by atoms with Gasteiger partial charge in [0, 0.05) is 23.4 Å². The Morgan fingerprint density at radius 3 is 2.31 bits per heavy atom. The molecule has 0 saturated heterocycles. The fourth-order valence-electron chi connectivity index (χ4n) is 3.16. The zero-order chi connectivity index (χ0) is 23.8. The summed E-state index contributed by atoms with van der Waals surface area (Å²) in [5.41, 5.74) is 0.837. The standard InChI is InChI=1S/C21H20Br2N2O6S/c1-4-16-19(20(27)11-7-14(22)21(28)15(23)8-11)13-6-5-12(9-17(13)31-16)32(29,30)24-18(26)10-25(2)3/h5-9,28H,4,10H2,1-3H3,(H,24,26). The van der Waals surface area contributed by atoms with Gasteiger partial charge in [0.15, 0.2) is 5.78 Å². The Hall–Kier alpha value is -2.21. The maximum Gasteiger partial charge on any atom is 0.264 e. The zero-order valence-corrected chi connectivity index (χ0v) is 21.4. The van der Waals surface area contributed by atoms with Crippen molar-refractivity contribution in [3.05, 3.63) is 56.2 Å². The number of ketones is 1. The van der Waals surface area contributed by atoms with Crippen molar-refractivity contribution in [3.63, 3.8) is 0 Å². The van der Waals surface area contributed by atoms with E-state index in [0.717, 1.165) is 0 Å². The second kappa shape index (κ2) is 9.34. The van der Waals surface area contributed by atoms with E-state index in [1.165, 1.54) is 30.3 Å². The number of carbonyl (C=O) groups excluding carboxylic acids is 2. The Labute approximate surface area is 201 Å². The molecular weight excluding hydrogens is 568 g/mol. The Balaban J connectivity index is 2.05. The number of halogens is 2. The first-order chi connectivity index (χ1) is 14.9. The van der Waals surface area contributed by atoms with Crippen LogP contribution in [0.2, 0.25) is 0 Å². The van der Waals surface area contributed by atoms with E-state index < -0.39 is 15.9 Å². The summed E-state index contributed by atoms with van der Waals surface area (Å²) in [7, 11) is -0.807. The van der Waals surface area contributed by atoms with E-state index in [4.69, 9.17) is 4.42 Å². The van der Waals surface area contributed by atoms with E-state index in [2.05, 4.69) is 31.9 Å². The molecule has 0 atom stereocenters. The summed E-state index contributed by atoms with van der Waals surface area (Å²) >= 11 is 6.44. The number of hydrogen-bond acceptors (Lipinski definition) is 7. The number of nitrogens with zero attached hydrogens (tertiary/aromatic N) is 1. The first-order valence-electron chi connectivity index (χ1n) is 9.43. The van der Waals surface area contributed by atoms with Crippen LogP contribution in [0.15, 0.2) is 48.6 Å². The van der Waals surface area contributed by atoms with Crippen molar-refractivity contribution in [2.24, 2.45) is 0 Å². The molecule has 0 fully saturated rings. The Kier molecular flexibility index (Phi) is 7.13. The van der Waals surface area contributed by atoms with E-state index >= 15 is 0 Å². The maximum absolute atomic E-state index is 13.3. The Bertz CT molecular complexity index is 1310. The first-order valence-corrected chi connectivity index (χ1v) is 12.5. The van der Waals surface area contributed by atoms with Gasteiger partial charge < -0.3 is 14.4 Å². The third-order valence-electron chi connectivity index (χ3n) is 4.58. The molecule has 3 aromatic rings. The summed E-state index contributed by atoms with van der Waals surface area (Å²) in [6.07, 6.45) is 0.401. The van der Waals surface area contributed by atoms with Crippen molar-refractivity contribution < 1.29 is 27.5 Å². The van der Waals surface area contributed by atoms with Gasteiger partial charge in [0.2, 0.25) is 5.91 Å². The fraction of sp³-hybridized carbons (Fsp3) is 0.238. The molecule has 11 heteroatoms. The Morgan fingerprint density at radius 1 is 1.12 bits per heavy atom. The van der Waals surface area contributed by atoms with E-state index in [1.54, 1.807) is 19.0 Å². The topological polar surface area (TPSA) is 117 Å². The predicted molar refractivity (Wildman–Crippen MR) is 126 cm³/mol. The lowest BCUT2D eigenvalue weighted by molar-refractivity contribution is -0.119. The molecule has 2 aromatic carbocycles. The number of sulfonamides is 1. The molecule has 0 aliphatic heterocycles. The minimum absolute atomic E-state index is 0.0273. The number of carbonyl (C=O) groups is 2. The number of aryl methyl sites for hydroxylation is 1. The quantitative estimate of drug-likeness (QED) is 0.404. The lowest BCUT2D eigenvalue weighted by atomic mass is 9.99. The van der Waals surface area contributed by atoms with Crippen LogP contribution in [0.5, 0.6) is 5.75 Å². The van der Waals surface area contributed by atoms with Crippen molar-refractivity contribution >= 4 is 64.5 Å². The number of phenols is 1. The number of amides is 1. The molecule has 0 aliphatic rings. The summed E-state index contributed by atoms with van der Waals surface area (Å²) in [5.74, 6) is -0.628. The number of furan rings is 1. The lowest BCUT2D eigenvalue weighted by Gasteiger charge is -2.10. The van der Waals surface area contributed by atoms with Crippen LogP contribution >= 0.6 is 31.9 Å². The monoisotopic (exact) mass is 586 g/mol. The van der Waals surface area contributed by atoms with Crippen molar-refractivity contribution in [1.29, 1.82) is 0 Å². The van der Waals surface area contributed by atoms with Crippen LogP contribution in [-0.2, 0) is 21.2 Å². The van der Waals surface area contributed by atoms with Crippen LogP contribution in [0.25, 0.3) is 11.0 Å². The molecule has 0 radical (unpaired) electrons. The number of aromatic hydroxyl groups is 1. The van der Waals surface area contributed by atoms with Gasteiger partial charge in [-0.15, -0.1) is 0 Å². The van der Waals surface area contributed by atoms with Gasteiger partial charge in [0.25, 0.3) is 10.0 Å². The number of phenolic OH excluding ortho intramolecular Hbond substituents is 1. The highest BCUT2D eigenvalue weighted by atomic mass is 79.9. The molecule has 0 bridgehead atoms. The maximum atomic E-state index is 13.3. The van der Waals surface area contributed by atoms with Gasteiger partial charge in [-0.2, -0.15) is 0 Å². The molecule has 1 heterocycles. The fourth-order valence-corrected chi connectivity index (χ4v) is 5.34. The van der Waals surface area contributed by atoms with E-state index in [0.29, 0.717) is 37.6 Å². The number of hydrogen-bond donors (Lipinski definition) is 2. The van der Waals surface area contributed by atoms with Gasteiger partial charge in [0.05, 0.1) is 25.9 Å². The van der Waals surface area contributed by atoms with E-state index in [1.807, 2.05) is 11.6 Å². The van der Waals surface area contributed by atoms with Gasteiger partial charge in [0.1, 0.15) is 17.1 Å². The van der Waals surface area contributed by atoms with Crippen LogP contribution in [0.1, 0.15) is 28.6 Å². The highest BCUT2D eigenvalue weighted by Crippen LogP contribution is 2.36. The third-order valence-corrected chi connectivity index (χ3v) is 7.16. The minimum Gasteiger partial charge on any atom is -0.506 e. The van der Waals surface area contributed by atoms with Crippen LogP contribution in [0, 0.1) is 0 Å². The molecule has 0 spiro atoms. The third kappa shape index (κ3) is 4.90.